The molecule has 2 amide bonds. The second kappa shape index (κ2) is 12.7. The Morgan fingerprint density at radius 1 is 1.16 bits per heavy atom. The van der Waals surface area contributed by atoms with Crippen LogP contribution in [0.3, 0.4) is 0 Å². The Morgan fingerprint density at radius 3 is 2.48 bits per heavy atom. The van der Waals surface area contributed by atoms with Gasteiger partial charge in [-0.3, -0.25) is 9.59 Å². The lowest BCUT2D eigenvalue weighted by Gasteiger charge is -2.30. The highest BCUT2D eigenvalue weighted by atomic mass is 79.9. The van der Waals surface area contributed by atoms with Crippen LogP contribution in [0.15, 0.2) is 53.0 Å². The first kappa shape index (κ1) is 25.2. The number of carbonyl (C=O) groups excluding carboxylic acids is 2. The Bertz CT molecular complexity index is 861. The van der Waals surface area contributed by atoms with Gasteiger partial charge in [0.15, 0.2) is 6.61 Å². The zero-order chi connectivity index (χ0) is 22.8. The fourth-order valence-corrected chi connectivity index (χ4v) is 3.86. The van der Waals surface area contributed by atoms with Crippen molar-refractivity contribution < 1.29 is 14.3 Å². The molecule has 0 saturated carbocycles. The lowest BCUT2D eigenvalue weighted by Crippen LogP contribution is -2.51. The number of benzene rings is 2. The van der Waals surface area contributed by atoms with Gasteiger partial charge in [-0.25, -0.2) is 0 Å². The van der Waals surface area contributed by atoms with E-state index in [2.05, 4.69) is 21.2 Å². The quantitative estimate of drug-likeness (QED) is 0.458. The number of hydrogen-bond donors (Lipinski definition) is 1. The maximum Gasteiger partial charge on any atom is 0.261 e. The molecule has 0 spiro atoms. The lowest BCUT2D eigenvalue weighted by atomic mass is 10.1. The minimum Gasteiger partial charge on any atom is -0.482 e. The topological polar surface area (TPSA) is 58.6 Å². The number of hydrogen-bond acceptors (Lipinski definition) is 3. The molecule has 1 atom stereocenters. The molecule has 2 rings (SSSR count). The van der Waals surface area contributed by atoms with Gasteiger partial charge in [0.1, 0.15) is 11.8 Å². The Balaban J connectivity index is 2.13. The smallest absolute Gasteiger partial charge is 0.261 e. The van der Waals surface area contributed by atoms with Crippen LogP contribution in [0.25, 0.3) is 0 Å². The number of amides is 2. The third-order valence-electron chi connectivity index (χ3n) is 4.80. The summed E-state index contributed by atoms with van der Waals surface area (Å²) in [6.07, 6.45) is 1.17. The summed E-state index contributed by atoms with van der Waals surface area (Å²) in [7, 11) is 0. The fourth-order valence-electron chi connectivity index (χ4n) is 3.13. The summed E-state index contributed by atoms with van der Waals surface area (Å²) < 4.78 is 6.51. The summed E-state index contributed by atoms with van der Waals surface area (Å²) in [5, 5.41) is 3.37. The molecule has 1 N–H and O–H groups in total. The molecule has 0 aliphatic rings. The summed E-state index contributed by atoms with van der Waals surface area (Å²) in [4.78, 5) is 27.6. The second-order valence-corrected chi connectivity index (χ2v) is 9.07. The van der Waals surface area contributed by atoms with Crippen LogP contribution in [0, 0.1) is 5.92 Å². The Hall–Kier alpha value is -2.05. The van der Waals surface area contributed by atoms with Crippen molar-refractivity contribution in [2.24, 2.45) is 5.92 Å². The van der Waals surface area contributed by atoms with Crippen molar-refractivity contribution in [3.8, 4) is 5.75 Å². The molecule has 0 aliphatic heterocycles. The zero-order valence-electron chi connectivity index (χ0n) is 18.2. The van der Waals surface area contributed by atoms with Gasteiger partial charge in [0.05, 0.1) is 5.02 Å². The molecule has 0 radical (unpaired) electrons. The molecule has 0 bridgehead atoms. The average molecular weight is 510 g/mol. The summed E-state index contributed by atoms with van der Waals surface area (Å²) in [5.74, 6) is 0.372. The van der Waals surface area contributed by atoms with Crippen LogP contribution in [0.4, 0.5) is 0 Å². The van der Waals surface area contributed by atoms with E-state index in [0.717, 1.165) is 10.0 Å². The molecule has 2 aromatic rings. The van der Waals surface area contributed by atoms with Crippen molar-refractivity contribution in [3.63, 3.8) is 0 Å². The van der Waals surface area contributed by atoms with Gasteiger partial charge in [0.25, 0.3) is 5.91 Å². The summed E-state index contributed by atoms with van der Waals surface area (Å²) in [6, 6.07) is 14.6. The maximum absolute atomic E-state index is 13.1. The van der Waals surface area contributed by atoms with Crippen LogP contribution in [-0.4, -0.2) is 42.5 Å². The van der Waals surface area contributed by atoms with Crippen molar-refractivity contribution in [3.05, 3.63) is 63.6 Å². The molecule has 168 valence electrons. The molecule has 5 nitrogen and oxygen atoms in total. The van der Waals surface area contributed by atoms with Gasteiger partial charge in [0.2, 0.25) is 5.91 Å². The third kappa shape index (κ3) is 8.19. The second-order valence-electron chi connectivity index (χ2n) is 7.75. The van der Waals surface area contributed by atoms with Crippen LogP contribution in [0.1, 0.15) is 32.8 Å². The highest BCUT2D eigenvalue weighted by Crippen LogP contribution is 2.27. The summed E-state index contributed by atoms with van der Waals surface area (Å²) in [6.45, 7) is 6.79. The Labute approximate surface area is 198 Å². The van der Waals surface area contributed by atoms with E-state index in [1.54, 1.807) is 23.1 Å². The van der Waals surface area contributed by atoms with Crippen LogP contribution in [-0.2, 0) is 16.0 Å². The Morgan fingerprint density at radius 2 is 1.87 bits per heavy atom. The molecule has 2 aromatic carbocycles. The molecule has 0 fully saturated rings. The van der Waals surface area contributed by atoms with Crippen LogP contribution in [0.2, 0.25) is 5.02 Å². The number of rotatable bonds is 11. The summed E-state index contributed by atoms with van der Waals surface area (Å²) >= 11 is 9.55. The molecular weight excluding hydrogens is 480 g/mol. The van der Waals surface area contributed by atoms with Crippen LogP contribution >= 0.6 is 27.5 Å². The Kier molecular flexibility index (Phi) is 10.3. The van der Waals surface area contributed by atoms with Crippen molar-refractivity contribution in [1.82, 2.24) is 10.2 Å². The molecule has 0 aromatic heterocycles. The van der Waals surface area contributed by atoms with Gasteiger partial charge >= 0.3 is 0 Å². The lowest BCUT2D eigenvalue weighted by molar-refractivity contribution is -0.142. The van der Waals surface area contributed by atoms with E-state index >= 15 is 0 Å². The van der Waals surface area contributed by atoms with E-state index in [4.69, 9.17) is 16.3 Å². The SMILES string of the molecule is CC[C@@H](C(=O)NCC(C)C)N(CCc1ccccc1)C(=O)COc1ccc(Br)cc1Cl. The van der Waals surface area contributed by atoms with E-state index in [0.29, 0.717) is 42.6 Å². The van der Waals surface area contributed by atoms with Crippen LogP contribution in [0.5, 0.6) is 5.75 Å². The largest absolute Gasteiger partial charge is 0.482 e. The molecule has 0 heterocycles. The fraction of sp³-hybridized carbons (Fsp3) is 0.417. The minimum absolute atomic E-state index is 0.140. The normalized spacial score (nSPS) is 11.8. The van der Waals surface area contributed by atoms with Crippen molar-refractivity contribution in [1.29, 1.82) is 0 Å². The van der Waals surface area contributed by atoms with E-state index in [1.165, 1.54) is 0 Å². The van der Waals surface area contributed by atoms with Gasteiger partial charge in [-0.15, -0.1) is 0 Å². The first-order valence-corrected chi connectivity index (χ1v) is 11.7. The third-order valence-corrected chi connectivity index (χ3v) is 5.59. The number of nitrogens with one attached hydrogen (secondary N) is 1. The average Bonchev–Trinajstić information content (AvgIpc) is 2.74. The molecule has 0 aliphatic carbocycles. The van der Waals surface area contributed by atoms with Crippen LogP contribution < -0.4 is 10.1 Å². The zero-order valence-corrected chi connectivity index (χ0v) is 20.6. The minimum atomic E-state index is -0.557. The van der Waals surface area contributed by atoms with Crippen molar-refractivity contribution in [2.45, 2.75) is 39.7 Å². The van der Waals surface area contributed by atoms with Gasteiger partial charge in [0, 0.05) is 17.6 Å². The predicted molar refractivity (Wildman–Crippen MR) is 128 cm³/mol. The van der Waals surface area contributed by atoms with Gasteiger partial charge in [-0.2, -0.15) is 0 Å². The number of carbonyl (C=O) groups is 2. The highest BCUT2D eigenvalue weighted by molar-refractivity contribution is 9.10. The van der Waals surface area contributed by atoms with E-state index in [-0.39, 0.29) is 18.4 Å². The number of halogens is 2. The van der Waals surface area contributed by atoms with Gasteiger partial charge in [-0.1, -0.05) is 78.6 Å². The van der Waals surface area contributed by atoms with Crippen molar-refractivity contribution in [2.75, 3.05) is 19.7 Å². The number of ether oxygens (including phenoxy) is 1. The first-order chi connectivity index (χ1) is 14.8. The molecule has 31 heavy (non-hydrogen) atoms. The van der Waals surface area contributed by atoms with Gasteiger partial charge in [-0.05, 0) is 42.5 Å². The first-order valence-electron chi connectivity index (χ1n) is 10.5. The number of nitrogens with zero attached hydrogens (tertiary/aromatic N) is 1. The predicted octanol–water partition coefficient (Wildman–Crippen LogP) is 5.10. The van der Waals surface area contributed by atoms with E-state index in [1.807, 2.05) is 51.1 Å². The maximum atomic E-state index is 13.1. The standard InChI is InChI=1S/C24H30BrClN2O3/c1-4-21(24(30)27-15-17(2)3)28(13-12-18-8-6-5-7-9-18)23(29)16-31-22-11-10-19(25)14-20(22)26/h5-11,14,17,21H,4,12-13,15-16H2,1-3H3,(H,27,30)/t21-/m0/s1. The van der Waals surface area contributed by atoms with Gasteiger partial charge < -0.3 is 15.0 Å². The van der Waals surface area contributed by atoms with Crippen molar-refractivity contribution >= 4 is 39.3 Å². The molecule has 0 unspecified atom stereocenters. The molecule has 0 saturated heterocycles. The monoisotopic (exact) mass is 508 g/mol. The van der Waals surface area contributed by atoms with E-state index < -0.39 is 6.04 Å². The highest BCUT2D eigenvalue weighted by Gasteiger charge is 2.28. The molecule has 7 heteroatoms. The molecular formula is C24H30BrClN2O3. The van der Waals surface area contributed by atoms with E-state index in [9.17, 15) is 9.59 Å². The summed E-state index contributed by atoms with van der Waals surface area (Å²) in [5.41, 5.74) is 1.11.